The van der Waals surface area contributed by atoms with E-state index in [9.17, 15) is 0 Å². The van der Waals surface area contributed by atoms with E-state index in [4.69, 9.17) is 14.5 Å². The molecule has 0 spiro atoms. The van der Waals surface area contributed by atoms with Gasteiger partial charge in [0.05, 0.1) is 28.5 Å². The van der Waals surface area contributed by atoms with Gasteiger partial charge in [0.1, 0.15) is 0 Å². The minimum atomic E-state index is 0.300. The molecule has 1 aliphatic carbocycles. The summed E-state index contributed by atoms with van der Waals surface area (Å²) in [4.78, 5) is 4.73. The van der Waals surface area contributed by atoms with Crippen molar-refractivity contribution in [3.8, 4) is 11.5 Å². The largest absolute Gasteiger partial charge is 0.490 e. The first-order valence-electron chi connectivity index (χ1n) is 11.9. The molecule has 0 bridgehead atoms. The lowest BCUT2D eigenvalue weighted by Crippen LogP contribution is -2.28. The second-order valence-corrected chi connectivity index (χ2v) is 9.77. The maximum atomic E-state index is 5.80. The summed E-state index contributed by atoms with van der Waals surface area (Å²) in [5, 5.41) is 3.80. The number of rotatable bonds is 7. The molecule has 0 radical (unpaired) electrons. The molecule has 2 aliphatic rings. The lowest BCUT2D eigenvalue weighted by Gasteiger charge is -2.37. The van der Waals surface area contributed by atoms with Crippen LogP contribution in [0.1, 0.15) is 48.9 Å². The summed E-state index contributed by atoms with van der Waals surface area (Å²) in [5.41, 5.74) is 5.89. The Bertz CT molecular complexity index is 1220. The summed E-state index contributed by atoms with van der Waals surface area (Å²) >= 11 is 2.29. The predicted molar refractivity (Wildman–Crippen MR) is 148 cm³/mol. The van der Waals surface area contributed by atoms with Gasteiger partial charge in [-0.25, -0.2) is 0 Å². The number of anilines is 1. The fraction of sp³-hybridized carbons (Fsp3) is 0.276. The second kappa shape index (κ2) is 10.2. The fourth-order valence-electron chi connectivity index (χ4n) is 5.00. The number of hydrogen-bond donors (Lipinski definition) is 1. The summed E-state index contributed by atoms with van der Waals surface area (Å²) in [6, 6.07) is 21.7. The number of nitrogens with one attached hydrogen (secondary N) is 1. The van der Waals surface area contributed by atoms with Crippen LogP contribution in [0.15, 0.2) is 77.8 Å². The van der Waals surface area contributed by atoms with Crippen LogP contribution in [0.4, 0.5) is 11.4 Å². The number of nitrogens with zero attached hydrogens (tertiary/aromatic N) is 1. The van der Waals surface area contributed by atoms with Crippen LogP contribution in [0.5, 0.6) is 11.5 Å². The van der Waals surface area contributed by atoms with Crippen LogP contribution in [0.3, 0.4) is 0 Å². The second-order valence-electron chi connectivity index (χ2n) is 8.61. The van der Waals surface area contributed by atoms with Crippen LogP contribution < -0.4 is 14.8 Å². The van der Waals surface area contributed by atoms with E-state index in [0.717, 1.165) is 32.7 Å². The molecule has 1 N–H and O–H groups in total. The summed E-state index contributed by atoms with van der Waals surface area (Å²) in [6.07, 6.45) is 7.71. The molecule has 0 fully saturated rings. The molecule has 174 valence electrons. The molecule has 0 aromatic heterocycles. The molecule has 0 saturated carbocycles. The summed E-state index contributed by atoms with van der Waals surface area (Å²) in [6.45, 7) is 5.16. The van der Waals surface area contributed by atoms with Gasteiger partial charge in [-0.15, -0.1) is 0 Å². The predicted octanol–water partition coefficient (Wildman–Crippen LogP) is 7.67. The Morgan fingerprint density at radius 1 is 1.03 bits per heavy atom. The zero-order valence-corrected chi connectivity index (χ0v) is 21.7. The standard InChI is InChI=1S/C29H29IN2O2/c1-3-33-27-17-19(16-25(30)29(27)34-4-2)18-31-21-14-12-20(13-15-21)28-24-10-7-9-22(24)23-8-5-6-11-26(23)32-28/h5-9,11-18,22,24,28,32H,3-4,10H2,1-2H3/t22-,24+,28-/m0/s1. The number of ether oxygens (including phenoxy) is 2. The van der Waals surface area contributed by atoms with Crippen molar-refractivity contribution in [2.45, 2.75) is 32.2 Å². The Kier molecular flexibility index (Phi) is 6.90. The first kappa shape index (κ1) is 23.0. The topological polar surface area (TPSA) is 42.8 Å². The molecule has 3 aromatic carbocycles. The van der Waals surface area contributed by atoms with Crippen LogP contribution >= 0.6 is 22.6 Å². The maximum absolute atomic E-state index is 5.80. The van der Waals surface area contributed by atoms with Gasteiger partial charge in [-0.1, -0.05) is 42.5 Å². The van der Waals surface area contributed by atoms with Crippen LogP contribution in [-0.2, 0) is 0 Å². The molecular weight excluding hydrogens is 535 g/mol. The monoisotopic (exact) mass is 564 g/mol. The first-order chi connectivity index (χ1) is 16.7. The number of benzene rings is 3. The molecule has 1 aliphatic heterocycles. The van der Waals surface area contributed by atoms with E-state index < -0.39 is 0 Å². The maximum Gasteiger partial charge on any atom is 0.174 e. The van der Waals surface area contributed by atoms with Crippen molar-refractivity contribution in [3.63, 3.8) is 0 Å². The van der Waals surface area contributed by atoms with Crippen molar-refractivity contribution in [1.82, 2.24) is 0 Å². The summed E-state index contributed by atoms with van der Waals surface area (Å²) in [5.74, 6) is 2.60. The van der Waals surface area contributed by atoms with Gasteiger partial charge >= 0.3 is 0 Å². The van der Waals surface area contributed by atoms with Crippen molar-refractivity contribution >= 4 is 40.2 Å². The number of fused-ring (bicyclic) bond motifs is 3. The average Bonchev–Trinajstić information content (AvgIpc) is 3.35. The van der Waals surface area contributed by atoms with Crippen molar-refractivity contribution in [1.29, 1.82) is 0 Å². The van der Waals surface area contributed by atoms with E-state index in [1.807, 2.05) is 26.1 Å². The third kappa shape index (κ3) is 4.58. The number of allylic oxidation sites excluding steroid dienone is 2. The molecule has 5 heteroatoms. The van der Waals surface area contributed by atoms with Crippen LogP contribution in [0, 0.1) is 9.49 Å². The van der Waals surface area contributed by atoms with Gasteiger partial charge in [-0.3, -0.25) is 4.99 Å². The Balaban J connectivity index is 1.35. The number of hydrogen-bond acceptors (Lipinski definition) is 4. The summed E-state index contributed by atoms with van der Waals surface area (Å²) < 4.78 is 12.6. The molecule has 0 unspecified atom stereocenters. The highest BCUT2D eigenvalue weighted by atomic mass is 127. The smallest absolute Gasteiger partial charge is 0.174 e. The lowest BCUT2D eigenvalue weighted by atomic mass is 9.77. The molecule has 4 nitrogen and oxygen atoms in total. The highest BCUT2D eigenvalue weighted by Gasteiger charge is 2.37. The third-order valence-electron chi connectivity index (χ3n) is 6.51. The summed E-state index contributed by atoms with van der Waals surface area (Å²) in [7, 11) is 0. The van der Waals surface area contributed by atoms with Gasteiger partial charge in [-0.05, 0) is 95.8 Å². The zero-order chi connectivity index (χ0) is 23.5. The van der Waals surface area contributed by atoms with Crippen LogP contribution in [0.2, 0.25) is 0 Å². The Morgan fingerprint density at radius 3 is 2.62 bits per heavy atom. The van der Waals surface area contributed by atoms with Crippen LogP contribution in [0.25, 0.3) is 0 Å². The van der Waals surface area contributed by atoms with E-state index in [-0.39, 0.29) is 0 Å². The van der Waals surface area contributed by atoms with Crippen molar-refractivity contribution in [3.05, 3.63) is 93.1 Å². The quantitative estimate of drug-likeness (QED) is 0.182. The third-order valence-corrected chi connectivity index (χ3v) is 7.31. The molecule has 3 aromatic rings. The molecule has 34 heavy (non-hydrogen) atoms. The Labute approximate surface area is 215 Å². The van der Waals surface area contributed by atoms with Gasteiger partial charge in [0.25, 0.3) is 0 Å². The van der Waals surface area contributed by atoms with E-state index in [1.54, 1.807) is 0 Å². The molecule has 3 atom stereocenters. The van der Waals surface area contributed by atoms with Gasteiger partial charge in [-0.2, -0.15) is 0 Å². The van der Waals surface area contributed by atoms with Crippen LogP contribution in [-0.4, -0.2) is 19.4 Å². The van der Waals surface area contributed by atoms with Crippen molar-refractivity contribution in [2.24, 2.45) is 10.9 Å². The minimum Gasteiger partial charge on any atom is -0.490 e. The Morgan fingerprint density at radius 2 is 1.82 bits per heavy atom. The van der Waals surface area contributed by atoms with Crippen molar-refractivity contribution in [2.75, 3.05) is 18.5 Å². The zero-order valence-electron chi connectivity index (χ0n) is 19.5. The molecule has 1 heterocycles. The van der Waals surface area contributed by atoms with Gasteiger partial charge in [0.15, 0.2) is 11.5 Å². The average molecular weight is 564 g/mol. The van der Waals surface area contributed by atoms with Gasteiger partial charge < -0.3 is 14.8 Å². The SMILES string of the molecule is CCOc1cc(C=Nc2ccc([C@@H]3Nc4ccccc4[C@@H]4C=CC[C@H]43)cc2)cc(I)c1OCC. The highest BCUT2D eigenvalue weighted by molar-refractivity contribution is 14.1. The lowest BCUT2D eigenvalue weighted by molar-refractivity contribution is 0.286. The van der Waals surface area contributed by atoms with E-state index in [1.165, 1.54) is 16.8 Å². The number of para-hydroxylation sites is 1. The number of halogens is 1. The van der Waals surface area contributed by atoms with Gasteiger partial charge in [0, 0.05) is 17.8 Å². The molecular formula is C29H29IN2O2. The number of aliphatic imine (C=N–C) groups is 1. The first-order valence-corrected chi connectivity index (χ1v) is 13.0. The molecule has 0 saturated heterocycles. The fourth-order valence-corrected chi connectivity index (χ4v) is 5.78. The molecule has 5 rings (SSSR count). The van der Waals surface area contributed by atoms with E-state index in [0.29, 0.717) is 31.1 Å². The van der Waals surface area contributed by atoms with Crippen molar-refractivity contribution < 1.29 is 9.47 Å². The highest BCUT2D eigenvalue weighted by Crippen LogP contribution is 2.49. The van der Waals surface area contributed by atoms with E-state index >= 15 is 0 Å². The van der Waals surface area contributed by atoms with E-state index in [2.05, 4.69) is 94.7 Å². The Hall–Kier alpha value is -2.80. The molecule has 0 amide bonds. The normalized spacial score (nSPS) is 20.6. The van der Waals surface area contributed by atoms with Gasteiger partial charge in [0.2, 0.25) is 0 Å². The minimum absolute atomic E-state index is 0.300.